The SMILES string of the molecule is CCN(CCO)C(=O)CCCCc1ccc(Br)cc1. The van der Waals surface area contributed by atoms with Crippen LogP contribution in [0.5, 0.6) is 0 Å². The second-order valence-corrected chi connectivity index (χ2v) is 5.45. The molecule has 1 aromatic rings. The van der Waals surface area contributed by atoms with Gasteiger partial charge in [0.05, 0.1) is 6.61 Å². The minimum absolute atomic E-state index is 0.0402. The fourth-order valence-electron chi connectivity index (χ4n) is 1.99. The van der Waals surface area contributed by atoms with Gasteiger partial charge in [0.1, 0.15) is 0 Å². The van der Waals surface area contributed by atoms with E-state index in [1.807, 2.05) is 19.1 Å². The molecule has 0 unspecified atom stereocenters. The number of benzene rings is 1. The number of aliphatic hydroxyl groups excluding tert-OH is 1. The molecule has 0 atom stereocenters. The number of rotatable bonds is 8. The average Bonchev–Trinajstić information content (AvgIpc) is 2.42. The number of nitrogens with zero attached hydrogens (tertiary/aromatic N) is 1. The molecule has 0 aliphatic rings. The van der Waals surface area contributed by atoms with Crippen molar-refractivity contribution >= 4 is 21.8 Å². The van der Waals surface area contributed by atoms with Gasteiger partial charge in [0.15, 0.2) is 0 Å². The van der Waals surface area contributed by atoms with E-state index in [1.165, 1.54) is 5.56 Å². The third-order valence-electron chi connectivity index (χ3n) is 3.12. The van der Waals surface area contributed by atoms with Crippen molar-refractivity contribution in [3.05, 3.63) is 34.3 Å². The molecule has 19 heavy (non-hydrogen) atoms. The highest BCUT2D eigenvalue weighted by Crippen LogP contribution is 2.13. The normalized spacial score (nSPS) is 10.5. The quantitative estimate of drug-likeness (QED) is 0.745. The predicted octanol–water partition coefficient (Wildman–Crippen LogP) is 3.00. The van der Waals surface area contributed by atoms with E-state index in [0.29, 0.717) is 19.5 Å². The highest BCUT2D eigenvalue weighted by Gasteiger charge is 2.09. The number of carbonyl (C=O) groups is 1. The van der Waals surface area contributed by atoms with Gasteiger partial charge < -0.3 is 10.0 Å². The van der Waals surface area contributed by atoms with Crippen molar-refractivity contribution in [2.45, 2.75) is 32.6 Å². The lowest BCUT2D eigenvalue weighted by Gasteiger charge is -2.19. The summed E-state index contributed by atoms with van der Waals surface area (Å²) in [5.41, 5.74) is 1.30. The van der Waals surface area contributed by atoms with Gasteiger partial charge in [-0.05, 0) is 43.9 Å². The summed E-state index contributed by atoms with van der Waals surface area (Å²) < 4.78 is 1.09. The molecule has 3 nitrogen and oxygen atoms in total. The van der Waals surface area contributed by atoms with Gasteiger partial charge in [0, 0.05) is 24.0 Å². The molecule has 106 valence electrons. The van der Waals surface area contributed by atoms with Crippen LogP contribution in [0.1, 0.15) is 31.7 Å². The molecule has 0 saturated heterocycles. The van der Waals surface area contributed by atoms with E-state index in [4.69, 9.17) is 5.11 Å². The van der Waals surface area contributed by atoms with Crippen molar-refractivity contribution in [2.24, 2.45) is 0 Å². The zero-order chi connectivity index (χ0) is 14.1. The summed E-state index contributed by atoms with van der Waals surface area (Å²) in [6.07, 6.45) is 3.50. The smallest absolute Gasteiger partial charge is 0.222 e. The number of hydrogen-bond acceptors (Lipinski definition) is 2. The van der Waals surface area contributed by atoms with Gasteiger partial charge in [0.2, 0.25) is 5.91 Å². The Morgan fingerprint density at radius 3 is 2.53 bits per heavy atom. The van der Waals surface area contributed by atoms with Crippen molar-refractivity contribution in [3.63, 3.8) is 0 Å². The molecule has 4 heteroatoms. The molecule has 0 saturated carbocycles. The van der Waals surface area contributed by atoms with Crippen molar-refractivity contribution in [3.8, 4) is 0 Å². The van der Waals surface area contributed by atoms with Gasteiger partial charge in [-0.3, -0.25) is 4.79 Å². The Morgan fingerprint density at radius 2 is 1.95 bits per heavy atom. The lowest BCUT2D eigenvalue weighted by Crippen LogP contribution is -2.33. The van der Waals surface area contributed by atoms with Crippen LogP contribution in [0.3, 0.4) is 0 Å². The van der Waals surface area contributed by atoms with Crippen LogP contribution in [0.15, 0.2) is 28.7 Å². The second kappa shape index (κ2) is 9.10. The van der Waals surface area contributed by atoms with Crippen LogP contribution in [0, 0.1) is 0 Å². The summed E-state index contributed by atoms with van der Waals surface area (Å²) in [4.78, 5) is 13.5. The Bertz CT molecular complexity index is 378. The number of aryl methyl sites for hydroxylation is 1. The van der Waals surface area contributed by atoms with Gasteiger partial charge >= 0.3 is 0 Å². The maximum atomic E-state index is 11.8. The average molecular weight is 328 g/mol. The predicted molar refractivity (Wildman–Crippen MR) is 81.0 cm³/mol. The molecule has 1 amide bonds. The van der Waals surface area contributed by atoms with E-state index in [0.717, 1.165) is 23.7 Å². The first-order valence-electron chi connectivity index (χ1n) is 6.80. The highest BCUT2D eigenvalue weighted by molar-refractivity contribution is 9.10. The van der Waals surface area contributed by atoms with Crippen LogP contribution in [0.4, 0.5) is 0 Å². The summed E-state index contributed by atoms with van der Waals surface area (Å²) in [6.45, 7) is 3.10. The van der Waals surface area contributed by atoms with Crippen molar-refractivity contribution in [1.29, 1.82) is 0 Å². The fourth-order valence-corrected chi connectivity index (χ4v) is 2.26. The summed E-state index contributed by atoms with van der Waals surface area (Å²) in [6, 6.07) is 8.30. The molecule has 0 heterocycles. The third kappa shape index (κ3) is 6.21. The first kappa shape index (κ1) is 16.2. The molecule has 0 aliphatic carbocycles. The Balaban J connectivity index is 2.23. The molecule has 0 spiro atoms. The fraction of sp³-hybridized carbons (Fsp3) is 0.533. The van der Waals surface area contributed by atoms with Crippen LogP contribution in [0.25, 0.3) is 0 Å². The molecule has 0 radical (unpaired) electrons. The zero-order valence-corrected chi connectivity index (χ0v) is 13.0. The summed E-state index contributed by atoms with van der Waals surface area (Å²) in [5, 5.41) is 8.86. The van der Waals surface area contributed by atoms with E-state index in [-0.39, 0.29) is 12.5 Å². The Labute approximate surface area is 123 Å². The first-order valence-corrected chi connectivity index (χ1v) is 7.59. The monoisotopic (exact) mass is 327 g/mol. The summed E-state index contributed by atoms with van der Waals surface area (Å²) in [5.74, 6) is 0.146. The number of unbranched alkanes of at least 4 members (excludes halogenated alkanes) is 1. The van der Waals surface area contributed by atoms with E-state index >= 15 is 0 Å². The van der Waals surface area contributed by atoms with Gasteiger partial charge in [0.25, 0.3) is 0 Å². The van der Waals surface area contributed by atoms with Crippen molar-refractivity contribution < 1.29 is 9.90 Å². The minimum Gasteiger partial charge on any atom is -0.395 e. The Kier molecular flexibility index (Phi) is 7.75. The molecule has 1 rings (SSSR count). The van der Waals surface area contributed by atoms with E-state index in [9.17, 15) is 4.79 Å². The van der Waals surface area contributed by atoms with E-state index in [1.54, 1.807) is 4.90 Å². The number of aliphatic hydroxyl groups is 1. The van der Waals surface area contributed by atoms with Crippen molar-refractivity contribution in [2.75, 3.05) is 19.7 Å². The molecule has 0 aliphatic heterocycles. The number of carbonyl (C=O) groups excluding carboxylic acids is 1. The Hall–Kier alpha value is -0.870. The Morgan fingerprint density at radius 1 is 1.26 bits per heavy atom. The van der Waals surface area contributed by atoms with Gasteiger partial charge in [-0.25, -0.2) is 0 Å². The van der Waals surface area contributed by atoms with Gasteiger partial charge in [-0.2, -0.15) is 0 Å². The largest absolute Gasteiger partial charge is 0.395 e. The number of hydrogen-bond donors (Lipinski definition) is 1. The first-order chi connectivity index (χ1) is 9.17. The van der Waals surface area contributed by atoms with Crippen LogP contribution < -0.4 is 0 Å². The molecular formula is C15H22BrNO2. The molecule has 1 aromatic carbocycles. The molecule has 0 fully saturated rings. The summed E-state index contributed by atoms with van der Waals surface area (Å²) >= 11 is 3.41. The summed E-state index contributed by atoms with van der Waals surface area (Å²) in [7, 11) is 0. The highest BCUT2D eigenvalue weighted by atomic mass is 79.9. The molecule has 1 N–H and O–H groups in total. The van der Waals surface area contributed by atoms with Crippen LogP contribution >= 0.6 is 15.9 Å². The minimum atomic E-state index is 0.0402. The van der Waals surface area contributed by atoms with Gasteiger partial charge in [-0.1, -0.05) is 28.1 Å². The molecule has 0 aromatic heterocycles. The number of amides is 1. The standard InChI is InChI=1S/C15H22BrNO2/c1-2-17(11-12-18)15(19)6-4-3-5-13-7-9-14(16)10-8-13/h7-10,18H,2-6,11-12H2,1H3. The lowest BCUT2D eigenvalue weighted by molar-refractivity contribution is -0.131. The zero-order valence-electron chi connectivity index (χ0n) is 11.4. The second-order valence-electron chi connectivity index (χ2n) is 4.53. The van der Waals surface area contributed by atoms with Crippen molar-refractivity contribution in [1.82, 2.24) is 4.90 Å². The van der Waals surface area contributed by atoms with Crippen LogP contribution in [0.2, 0.25) is 0 Å². The third-order valence-corrected chi connectivity index (χ3v) is 3.65. The van der Waals surface area contributed by atoms with E-state index < -0.39 is 0 Å². The lowest BCUT2D eigenvalue weighted by atomic mass is 10.1. The van der Waals surface area contributed by atoms with Gasteiger partial charge in [-0.15, -0.1) is 0 Å². The van der Waals surface area contributed by atoms with Crippen LogP contribution in [-0.4, -0.2) is 35.6 Å². The van der Waals surface area contributed by atoms with E-state index in [2.05, 4.69) is 28.1 Å². The number of halogens is 1. The molecular weight excluding hydrogens is 306 g/mol. The molecule has 0 bridgehead atoms. The van der Waals surface area contributed by atoms with Crippen LogP contribution in [-0.2, 0) is 11.2 Å². The maximum Gasteiger partial charge on any atom is 0.222 e. The maximum absolute atomic E-state index is 11.8. The number of likely N-dealkylation sites (N-methyl/N-ethyl adjacent to an activating group) is 1. The topological polar surface area (TPSA) is 40.5 Å².